The lowest BCUT2D eigenvalue weighted by Crippen LogP contribution is -2.20. The first-order valence-corrected chi connectivity index (χ1v) is 6.19. The molecule has 0 saturated carbocycles. The molecule has 2 nitrogen and oxygen atoms in total. The van der Waals surface area contributed by atoms with Crippen molar-refractivity contribution in [2.75, 3.05) is 0 Å². The van der Waals surface area contributed by atoms with E-state index in [1.54, 1.807) is 11.4 Å². The maximum Gasteiger partial charge on any atom is 0.305 e. The third-order valence-corrected chi connectivity index (χ3v) is 3.71. The molecule has 0 bridgehead atoms. The topological polar surface area (TPSA) is 40.5 Å². The lowest BCUT2D eigenvalue weighted by Gasteiger charge is -2.09. The zero-order valence-electron chi connectivity index (χ0n) is 8.78. The Kier molecular flexibility index (Phi) is 3.84. The summed E-state index contributed by atoms with van der Waals surface area (Å²) in [4.78, 5) is 0. The molecule has 0 amide bonds. The lowest BCUT2D eigenvalue weighted by atomic mass is 9.82. The van der Waals surface area contributed by atoms with Gasteiger partial charge in [-0.1, -0.05) is 17.7 Å². The zero-order chi connectivity index (χ0) is 12.4. The van der Waals surface area contributed by atoms with Gasteiger partial charge in [-0.2, -0.15) is 0 Å². The van der Waals surface area contributed by atoms with E-state index in [0.717, 1.165) is 0 Å². The zero-order valence-corrected chi connectivity index (χ0v) is 10.4. The highest BCUT2D eigenvalue weighted by Gasteiger charge is 2.14. The number of thiophene rings is 1. The Morgan fingerprint density at radius 2 is 2.12 bits per heavy atom. The molecule has 88 valence electrons. The van der Waals surface area contributed by atoms with Gasteiger partial charge in [0.15, 0.2) is 0 Å². The first-order valence-electron chi connectivity index (χ1n) is 4.93. The molecular weight excluding hydrogens is 261 g/mol. The van der Waals surface area contributed by atoms with Gasteiger partial charge >= 0.3 is 7.48 Å². The molecule has 6 heteroatoms. The van der Waals surface area contributed by atoms with Crippen LogP contribution < -0.4 is 5.46 Å². The van der Waals surface area contributed by atoms with Gasteiger partial charge in [0.25, 0.3) is 0 Å². The first kappa shape index (κ1) is 12.6. The van der Waals surface area contributed by atoms with E-state index in [9.17, 15) is 4.39 Å². The highest BCUT2D eigenvalue weighted by molar-refractivity contribution is 7.15. The highest BCUT2D eigenvalue weighted by atomic mass is 35.5. The molecule has 1 aromatic heterocycles. The fourth-order valence-electron chi connectivity index (χ4n) is 1.65. The van der Waals surface area contributed by atoms with Crippen LogP contribution in [0.15, 0.2) is 23.6 Å². The van der Waals surface area contributed by atoms with Crippen molar-refractivity contribution >= 4 is 35.9 Å². The summed E-state index contributed by atoms with van der Waals surface area (Å²) in [5, 5.41) is 20.0. The van der Waals surface area contributed by atoms with Gasteiger partial charge in [0.1, 0.15) is 10.2 Å². The molecule has 0 spiro atoms. The van der Waals surface area contributed by atoms with Crippen molar-refractivity contribution in [1.82, 2.24) is 0 Å². The van der Waals surface area contributed by atoms with E-state index in [-0.39, 0.29) is 14.1 Å². The van der Waals surface area contributed by atoms with Gasteiger partial charge in [-0.3, -0.25) is 0 Å². The quantitative estimate of drug-likeness (QED) is 0.833. The van der Waals surface area contributed by atoms with Gasteiger partial charge in [-0.15, -0.1) is 11.3 Å². The van der Waals surface area contributed by atoms with E-state index in [1.165, 1.54) is 23.5 Å². The molecule has 0 aliphatic carbocycles. The molecule has 0 unspecified atom stereocenters. The predicted molar refractivity (Wildman–Crippen MR) is 69.6 cm³/mol. The minimum absolute atomic E-state index is 0.245. The van der Waals surface area contributed by atoms with Crippen LogP contribution in [0.5, 0.6) is 0 Å². The van der Waals surface area contributed by atoms with E-state index in [0.29, 0.717) is 26.5 Å². The Labute approximate surface area is 108 Å². The highest BCUT2D eigenvalue weighted by Crippen LogP contribution is 2.33. The first-order chi connectivity index (χ1) is 8.17. The van der Waals surface area contributed by atoms with Gasteiger partial charge in [0.2, 0.25) is 0 Å². The molecule has 1 aromatic carbocycles. The van der Waals surface area contributed by atoms with Crippen LogP contribution in [0, 0.1) is 5.82 Å². The lowest BCUT2D eigenvalue weighted by molar-refractivity contribution is 0.282. The fourth-order valence-corrected chi connectivity index (χ4v) is 2.59. The predicted octanol–water partition coefficient (Wildman–Crippen LogP) is 1.67. The van der Waals surface area contributed by atoms with Crippen LogP contribution in [0.25, 0.3) is 11.1 Å². The van der Waals surface area contributed by atoms with Crippen molar-refractivity contribution in [3.8, 4) is 11.1 Å². The van der Waals surface area contributed by atoms with Crippen molar-refractivity contribution in [2.24, 2.45) is 0 Å². The van der Waals surface area contributed by atoms with E-state index < -0.39 is 5.82 Å². The van der Waals surface area contributed by atoms with Crippen LogP contribution in [0.1, 0.15) is 5.56 Å². The number of rotatable bonds is 3. The van der Waals surface area contributed by atoms with Crippen LogP contribution in [0.4, 0.5) is 4.39 Å². The molecule has 2 aromatic rings. The number of hydrogen-bond acceptors (Lipinski definition) is 3. The number of benzene rings is 1. The van der Waals surface area contributed by atoms with Crippen molar-refractivity contribution in [3.05, 3.63) is 39.3 Å². The second kappa shape index (κ2) is 5.18. The number of aliphatic hydroxyl groups excluding tert-OH is 1. The van der Waals surface area contributed by atoms with Crippen LogP contribution in [0.3, 0.4) is 0 Å². The summed E-state index contributed by atoms with van der Waals surface area (Å²) in [7, 11) is -0.245. The Hall–Kier alpha value is -0.875. The standard InChI is InChI=1S/C11H9BClFO2S/c13-11-7(1-2-17-11)8-4-9(12-16)6(5-15)3-10(8)14/h1-4,12,15-16H,5H2. The second-order valence-corrected chi connectivity index (χ2v) is 5.04. The third-order valence-electron chi connectivity index (χ3n) is 2.54. The second-order valence-electron chi connectivity index (χ2n) is 3.52. The summed E-state index contributed by atoms with van der Waals surface area (Å²) in [5.74, 6) is -0.452. The van der Waals surface area contributed by atoms with Gasteiger partial charge < -0.3 is 10.1 Å². The maximum atomic E-state index is 13.8. The van der Waals surface area contributed by atoms with Crippen molar-refractivity contribution in [1.29, 1.82) is 0 Å². The van der Waals surface area contributed by atoms with E-state index in [4.69, 9.17) is 21.7 Å². The van der Waals surface area contributed by atoms with Crippen molar-refractivity contribution < 1.29 is 14.5 Å². The number of hydrogen-bond donors (Lipinski definition) is 2. The monoisotopic (exact) mass is 270 g/mol. The number of aliphatic hydroxyl groups is 1. The molecule has 0 aliphatic heterocycles. The Bertz CT molecular complexity index is 544. The van der Waals surface area contributed by atoms with E-state index in [1.807, 2.05) is 0 Å². The summed E-state index contributed by atoms with van der Waals surface area (Å²) in [6.45, 7) is -0.301. The normalized spacial score (nSPS) is 10.6. The SMILES string of the molecule is OBc1cc(-c2ccsc2Cl)c(F)cc1CO. The minimum Gasteiger partial charge on any atom is -0.449 e. The Morgan fingerprint density at radius 3 is 2.65 bits per heavy atom. The average Bonchev–Trinajstić information content (AvgIpc) is 2.75. The molecule has 0 aliphatic rings. The smallest absolute Gasteiger partial charge is 0.305 e. The summed E-state index contributed by atoms with van der Waals surface area (Å²) in [6, 6.07) is 4.48. The third kappa shape index (κ3) is 2.37. The Morgan fingerprint density at radius 1 is 1.35 bits per heavy atom. The van der Waals surface area contributed by atoms with E-state index >= 15 is 0 Å². The largest absolute Gasteiger partial charge is 0.449 e. The van der Waals surface area contributed by atoms with Crippen LogP contribution in [-0.4, -0.2) is 17.6 Å². The van der Waals surface area contributed by atoms with Crippen molar-refractivity contribution in [3.63, 3.8) is 0 Å². The molecule has 0 atom stereocenters. The van der Waals surface area contributed by atoms with E-state index in [2.05, 4.69) is 0 Å². The number of halogens is 2. The molecule has 2 N–H and O–H groups in total. The van der Waals surface area contributed by atoms with Crippen LogP contribution in [0.2, 0.25) is 4.34 Å². The van der Waals surface area contributed by atoms with Crippen LogP contribution in [-0.2, 0) is 6.61 Å². The molecule has 1 heterocycles. The van der Waals surface area contributed by atoms with Gasteiger partial charge in [-0.05, 0) is 28.5 Å². The maximum absolute atomic E-state index is 13.8. The molecule has 0 fully saturated rings. The minimum atomic E-state index is -0.452. The summed E-state index contributed by atoms with van der Waals surface area (Å²) in [5.41, 5.74) is 1.84. The molecule has 0 saturated heterocycles. The van der Waals surface area contributed by atoms with Crippen molar-refractivity contribution in [2.45, 2.75) is 6.61 Å². The average molecular weight is 271 g/mol. The van der Waals surface area contributed by atoms with Crippen LogP contribution >= 0.6 is 22.9 Å². The summed E-state index contributed by atoms with van der Waals surface area (Å²) >= 11 is 7.27. The molecule has 2 rings (SSSR count). The van der Waals surface area contributed by atoms with Gasteiger partial charge in [0.05, 0.1) is 6.61 Å². The van der Waals surface area contributed by atoms with Gasteiger partial charge in [-0.25, -0.2) is 4.39 Å². The fraction of sp³-hybridized carbons (Fsp3) is 0.0909. The summed E-state index contributed by atoms with van der Waals surface area (Å²) in [6.07, 6.45) is 0. The van der Waals surface area contributed by atoms with Gasteiger partial charge in [0, 0.05) is 11.1 Å². The molecule has 17 heavy (non-hydrogen) atoms. The Balaban J connectivity index is 2.59. The molecule has 0 radical (unpaired) electrons. The molecular formula is C11H9BClFO2S. The summed E-state index contributed by atoms with van der Waals surface area (Å²) < 4.78 is 14.4.